The predicted molar refractivity (Wildman–Crippen MR) is 89.9 cm³/mol. The van der Waals surface area contributed by atoms with Crippen molar-refractivity contribution >= 4 is 16.1 Å². The van der Waals surface area contributed by atoms with Gasteiger partial charge < -0.3 is 15.4 Å². The Morgan fingerprint density at radius 2 is 1.87 bits per heavy atom. The van der Waals surface area contributed by atoms with Crippen LogP contribution in [0.1, 0.15) is 19.4 Å². The lowest BCUT2D eigenvalue weighted by Gasteiger charge is -2.20. The molecule has 0 saturated carbocycles. The van der Waals surface area contributed by atoms with Gasteiger partial charge in [-0.25, -0.2) is 13.2 Å². The van der Waals surface area contributed by atoms with Crippen LogP contribution in [0.15, 0.2) is 24.3 Å². The van der Waals surface area contributed by atoms with Gasteiger partial charge in [0.25, 0.3) is 0 Å². The van der Waals surface area contributed by atoms with Gasteiger partial charge in [-0.2, -0.15) is 4.31 Å². The van der Waals surface area contributed by atoms with Crippen molar-refractivity contribution < 1.29 is 17.9 Å². The minimum Gasteiger partial charge on any atom is -0.497 e. The van der Waals surface area contributed by atoms with Crippen LogP contribution < -0.4 is 15.4 Å². The van der Waals surface area contributed by atoms with E-state index in [0.29, 0.717) is 5.75 Å². The number of amides is 2. The Kier molecular flexibility index (Phi) is 7.31. The summed E-state index contributed by atoms with van der Waals surface area (Å²) in [6.07, 6.45) is 1.16. The third kappa shape index (κ3) is 7.34. The van der Waals surface area contributed by atoms with Gasteiger partial charge in [-0.1, -0.05) is 12.1 Å². The summed E-state index contributed by atoms with van der Waals surface area (Å²) < 4.78 is 30.2. The van der Waals surface area contributed by atoms with Crippen molar-refractivity contribution in [3.8, 4) is 5.75 Å². The van der Waals surface area contributed by atoms with E-state index in [-0.39, 0.29) is 31.7 Å². The number of carbonyl (C=O) groups is 1. The smallest absolute Gasteiger partial charge is 0.315 e. The molecule has 0 unspecified atom stereocenters. The molecule has 0 aliphatic heterocycles. The molecule has 2 amide bonds. The molecular weight excluding hydrogens is 318 g/mol. The molecule has 1 rings (SSSR count). The molecule has 0 aliphatic rings. The third-order valence-electron chi connectivity index (χ3n) is 3.05. The number of ether oxygens (including phenoxy) is 1. The van der Waals surface area contributed by atoms with Crippen LogP contribution in [0.4, 0.5) is 4.79 Å². The van der Waals surface area contributed by atoms with E-state index >= 15 is 0 Å². The molecule has 0 radical (unpaired) electrons. The van der Waals surface area contributed by atoms with Gasteiger partial charge in [0, 0.05) is 25.7 Å². The van der Waals surface area contributed by atoms with E-state index in [0.717, 1.165) is 11.8 Å². The van der Waals surface area contributed by atoms with Crippen molar-refractivity contribution in [1.29, 1.82) is 0 Å². The standard InChI is InChI=1S/C15H25N3O4S/c1-12(2)17-15(19)16-9-10-18(23(4,20)21)11-13-5-7-14(22-3)8-6-13/h5-8,12H,9-11H2,1-4H3,(H2,16,17,19). The Morgan fingerprint density at radius 3 is 2.35 bits per heavy atom. The number of nitrogens with one attached hydrogen (secondary N) is 2. The molecule has 1 aromatic rings. The van der Waals surface area contributed by atoms with Crippen LogP contribution in [0.25, 0.3) is 0 Å². The fraction of sp³-hybridized carbons (Fsp3) is 0.533. The highest BCUT2D eigenvalue weighted by molar-refractivity contribution is 7.88. The second-order valence-electron chi connectivity index (χ2n) is 5.50. The molecule has 0 bridgehead atoms. The first-order valence-corrected chi connectivity index (χ1v) is 9.19. The fourth-order valence-corrected chi connectivity index (χ4v) is 2.71. The van der Waals surface area contributed by atoms with Gasteiger partial charge in [0.2, 0.25) is 10.0 Å². The van der Waals surface area contributed by atoms with Gasteiger partial charge in [0.15, 0.2) is 0 Å². The quantitative estimate of drug-likeness (QED) is 0.741. The van der Waals surface area contributed by atoms with Crippen molar-refractivity contribution in [2.45, 2.75) is 26.4 Å². The second kappa shape index (κ2) is 8.73. The molecule has 8 heteroatoms. The van der Waals surface area contributed by atoms with Crippen molar-refractivity contribution in [3.63, 3.8) is 0 Å². The number of benzene rings is 1. The zero-order valence-corrected chi connectivity index (χ0v) is 14.8. The maximum Gasteiger partial charge on any atom is 0.315 e. The molecular formula is C15H25N3O4S. The average Bonchev–Trinajstić information content (AvgIpc) is 2.45. The summed E-state index contributed by atoms with van der Waals surface area (Å²) in [4.78, 5) is 11.5. The molecule has 1 aromatic carbocycles. The van der Waals surface area contributed by atoms with E-state index in [4.69, 9.17) is 4.74 Å². The number of urea groups is 1. The maximum atomic E-state index is 11.9. The Labute approximate surface area is 138 Å². The summed E-state index contributed by atoms with van der Waals surface area (Å²) >= 11 is 0. The molecule has 7 nitrogen and oxygen atoms in total. The number of methoxy groups -OCH3 is 1. The van der Waals surface area contributed by atoms with Gasteiger partial charge >= 0.3 is 6.03 Å². The van der Waals surface area contributed by atoms with Crippen molar-refractivity contribution in [3.05, 3.63) is 29.8 Å². The van der Waals surface area contributed by atoms with E-state index in [2.05, 4.69) is 10.6 Å². The third-order valence-corrected chi connectivity index (χ3v) is 4.30. The zero-order chi connectivity index (χ0) is 17.5. The number of sulfonamides is 1. The lowest BCUT2D eigenvalue weighted by Crippen LogP contribution is -2.43. The average molecular weight is 343 g/mol. The first kappa shape index (κ1) is 19.2. The van der Waals surface area contributed by atoms with Gasteiger partial charge in [0.1, 0.15) is 5.75 Å². The van der Waals surface area contributed by atoms with Crippen LogP contribution >= 0.6 is 0 Å². The monoisotopic (exact) mass is 343 g/mol. The molecule has 0 aromatic heterocycles. The number of rotatable bonds is 8. The van der Waals surface area contributed by atoms with Crippen LogP contribution in [0.3, 0.4) is 0 Å². The molecule has 2 N–H and O–H groups in total. The van der Waals surface area contributed by atoms with E-state index < -0.39 is 10.0 Å². The maximum absolute atomic E-state index is 11.9. The highest BCUT2D eigenvalue weighted by Gasteiger charge is 2.17. The largest absolute Gasteiger partial charge is 0.497 e. The van der Waals surface area contributed by atoms with Gasteiger partial charge in [0.05, 0.1) is 13.4 Å². The summed E-state index contributed by atoms with van der Waals surface area (Å²) in [5.41, 5.74) is 0.850. The second-order valence-corrected chi connectivity index (χ2v) is 7.48. The summed E-state index contributed by atoms with van der Waals surface area (Å²) in [5, 5.41) is 5.33. The summed E-state index contributed by atoms with van der Waals surface area (Å²) in [7, 11) is -1.79. The summed E-state index contributed by atoms with van der Waals surface area (Å²) in [5.74, 6) is 0.715. The lowest BCUT2D eigenvalue weighted by molar-refractivity contribution is 0.237. The highest BCUT2D eigenvalue weighted by atomic mass is 32.2. The number of hydrogen-bond acceptors (Lipinski definition) is 4. The van der Waals surface area contributed by atoms with Crippen LogP contribution in [0.5, 0.6) is 5.75 Å². The van der Waals surface area contributed by atoms with Crippen LogP contribution in [0.2, 0.25) is 0 Å². The van der Waals surface area contributed by atoms with Gasteiger partial charge in [-0.3, -0.25) is 0 Å². The van der Waals surface area contributed by atoms with Crippen LogP contribution in [0, 0.1) is 0 Å². The molecule has 0 spiro atoms. The van der Waals surface area contributed by atoms with E-state index in [1.165, 1.54) is 4.31 Å². The normalized spacial score (nSPS) is 11.6. The first-order chi connectivity index (χ1) is 10.7. The molecule has 0 aliphatic carbocycles. The Hall–Kier alpha value is -1.80. The molecule has 0 heterocycles. The van der Waals surface area contributed by atoms with E-state index in [1.807, 2.05) is 26.0 Å². The first-order valence-electron chi connectivity index (χ1n) is 7.34. The van der Waals surface area contributed by atoms with E-state index in [1.54, 1.807) is 19.2 Å². The molecule has 23 heavy (non-hydrogen) atoms. The minimum atomic E-state index is -3.37. The number of hydrogen-bond donors (Lipinski definition) is 2. The number of nitrogens with zero attached hydrogens (tertiary/aromatic N) is 1. The van der Waals surface area contributed by atoms with Crippen molar-refractivity contribution in [2.75, 3.05) is 26.5 Å². The molecule has 130 valence electrons. The van der Waals surface area contributed by atoms with Crippen molar-refractivity contribution in [2.24, 2.45) is 0 Å². The summed E-state index contributed by atoms with van der Waals surface area (Å²) in [6, 6.07) is 6.92. The van der Waals surface area contributed by atoms with E-state index in [9.17, 15) is 13.2 Å². The topological polar surface area (TPSA) is 87.7 Å². The minimum absolute atomic E-state index is 0.0281. The summed E-state index contributed by atoms with van der Waals surface area (Å²) in [6.45, 7) is 4.40. The highest BCUT2D eigenvalue weighted by Crippen LogP contribution is 2.14. The predicted octanol–water partition coefficient (Wildman–Crippen LogP) is 1.16. The molecule has 0 saturated heterocycles. The Bertz CT molecular complexity index is 600. The Morgan fingerprint density at radius 1 is 1.26 bits per heavy atom. The SMILES string of the molecule is COc1ccc(CN(CCNC(=O)NC(C)C)S(C)(=O)=O)cc1. The van der Waals surface area contributed by atoms with Gasteiger partial charge in [-0.05, 0) is 31.5 Å². The van der Waals surface area contributed by atoms with Crippen LogP contribution in [-0.4, -0.2) is 51.3 Å². The molecule has 0 fully saturated rings. The number of carbonyl (C=O) groups excluding carboxylic acids is 1. The zero-order valence-electron chi connectivity index (χ0n) is 14.0. The molecule has 0 atom stereocenters. The van der Waals surface area contributed by atoms with Crippen LogP contribution in [-0.2, 0) is 16.6 Å². The van der Waals surface area contributed by atoms with Gasteiger partial charge in [-0.15, -0.1) is 0 Å². The van der Waals surface area contributed by atoms with Crippen molar-refractivity contribution in [1.82, 2.24) is 14.9 Å². The fourth-order valence-electron chi connectivity index (χ4n) is 1.90. The Balaban J connectivity index is 2.61. The lowest BCUT2D eigenvalue weighted by atomic mass is 10.2.